The number of amides is 2. The van der Waals surface area contributed by atoms with Crippen LogP contribution in [0.2, 0.25) is 0 Å². The van der Waals surface area contributed by atoms with E-state index in [4.69, 9.17) is 9.47 Å². The van der Waals surface area contributed by atoms with Gasteiger partial charge in [0.2, 0.25) is 0 Å². The fourth-order valence-electron chi connectivity index (χ4n) is 2.20. The van der Waals surface area contributed by atoms with Gasteiger partial charge in [0.05, 0.1) is 6.10 Å². The standard InChI is InChI=1S/C12H20N2O4/c15-11-8-17-9-12(16)14(11)6-1-7-18-10-2-4-13-5-3-10/h10,13H,1-9H2. The van der Waals surface area contributed by atoms with Crippen molar-refractivity contribution in [3.8, 4) is 0 Å². The molecule has 0 radical (unpaired) electrons. The Hall–Kier alpha value is -0.980. The maximum atomic E-state index is 11.4. The molecule has 18 heavy (non-hydrogen) atoms. The third kappa shape index (κ3) is 3.76. The lowest BCUT2D eigenvalue weighted by Crippen LogP contribution is -2.46. The number of carbonyl (C=O) groups is 2. The smallest absolute Gasteiger partial charge is 0.255 e. The number of hydrogen-bond acceptors (Lipinski definition) is 5. The first-order valence-corrected chi connectivity index (χ1v) is 6.50. The predicted octanol–water partition coefficient (Wildman–Crippen LogP) is -0.469. The minimum Gasteiger partial charge on any atom is -0.378 e. The summed E-state index contributed by atoms with van der Waals surface area (Å²) in [5.41, 5.74) is 0. The lowest BCUT2D eigenvalue weighted by Gasteiger charge is -2.26. The molecule has 102 valence electrons. The molecule has 6 nitrogen and oxygen atoms in total. The van der Waals surface area contributed by atoms with Gasteiger partial charge >= 0.3 is 0 Å². The molecule has 2 saturated heterocycles. The van der Waals surface area contributed by atoms with Crippen LogP contribution in [-0.2, 0) is 19.1 Å². The molecule has 0 aromatic heterocycles. The van der Waals surface area contributed by atoms with E-state index in [1.54, 1.807) is 0 Å². The molecule has 0 aliphatic carbocycles. The normalized spacial score (nSPS) is 22.6. The number of nitrogens with zero attached hydrogens (tertiary/aromatic N) is 1. The zero-order valence-corrected chi connectivity index (χ0v) is 10.5. The average Bonchev–Trinajstić information content (AvgIpc) is 2.38. The van der Waals surface area contributed by atoms with Crippen LogP contribution in [0.1, 0.15) is 19.3 Å². The summed E-state index contributed by atoms with van der Waals surface area (Å²) in [6, 6.07) is 0. The van der Waals surface area contributed by atoms with Crippen molar-refractivity contribution in [3.05, 3.63) is 0 Å². The van der Waals surface area contributed by atoms with Crippen LogP contribution >= 0.6 is 0 Å². The van der Waals surface area contributed by atoms with Gasteiger partial charge in [0.25, 0.3) is 11.8 Å². The molecule has 1 N–H and O–H groups in total. The second kappa shape index (κ2) is 6.82. The molecule has 6 heteroatoms. The highest BCUT2D eigenvalue weighted by molar-refractivity contribution is 5.98. The topological polar surface area (TPSA) is 67.9 Å². The van der Waals surface area contributed by atoms with Crippen molar-refractivity contribution in [3.63, 3.8) is 0 Å². The van der Waals surface area contributed by atoms with Gasteiger partial charge in [-0.15, -0.1) is 0 Å². The van der Waals surface area contributed by atoms with Gasteiger partial charge in [-0.1, -0.05) is 0 Å². The Morgan fingerprint density at radius 2 is 1.89 bits per heavy atom. The van der Waals surface area contributed by atoms with Crippen molar-refractivity contribution in [1.29, 1.82) is 0 Å². The van der Waals surface area contributed by atoms with E-state index < -0.39 is 0 Å². The van der Waals surface area contributed by atoms with E-state index in [-0.39, 0.29) is 25.0 Å². The van der Waals surface area contributed by atoms with Crippen LogP contribution in [0.25, 0.3) is 0 Å². The number of hydrogen-bond donors (Lipinski definition) is 1. The summed E-state index contributed by atoms with van der Waals surface area (Å²) in [5.74, 6) is -0.485. The van der Waals surface area contributed by atoms with E-state index >= 15 is 0 Å². The van der Waals surface area contributed by atoms with Crippen LogP contribution in [0.4, 0.5) is 0 Å². The number of ether oxygens (including phenoxy) is 2. The van der Waals surface area contributed by atoms with Gasteiger partial charge in [-0.3, -0.25) is 14.5 Å². The summed E-state index contributed by atoms with van der Waals surface area (Å²) >= 11 is 0. The van der Waals surface area contributed by atoms with Gasteiger partial charge < -0.3 is 14.8 Å². The Kier molecular flexibility index (Phi) is 5.10. The number of nitrogens with one attached hydrogen (secondary N) is 1. The summed E-state index contributed by atoms with van der Waals surface area (Å²) < 4.78 is 10.6. The average molecular weight is 256 g/mol. The van der Waals surface area contributed by atoms with Crippen molar-refractivity contribution in [1.82, 2.24) is 10.2 Å². The molecule has 0 spiro atoms. The van der Waals surface area contributed by atoms with Crippen LogP contribution in [0.15, 0.2) is 0 Å². The molecule has 2 rings (SSSR count). The van der Waals surface area contributed by atoms with E-state index in [9.17, 15) is 9.59 Å². The highest BCUT2D eigenvalue weighted by Gasteiger charge is 2.25. The van der Waals surface area contributed by atoms with Crippen molar-refractivity contribution >= 4 is 11.8 Å². The van der Waals surface area contributed by atoms with E-state index in [1.807, 2.05) is 0 Å². The van der Waals surface area contributed by atoms with Crippen LogP contribution in [0.5, 0.6) is 0 Å². The number of carbonyl (C=O) groups excluding carboxylic acids is 2. The highest BCUT2D eigenvalue weighted by atomic mass is 16.5. The van der Waals surface area contributed by atoms with Crippen molar-refractivity contribution < 1.29 is 19.1 Å². The number of piperidine rings is 1. The number of rotatable bonds is 5. The fourth-order valence-corrected chi connectivity index (χ4v) is 2.20. The molecule has 0 saturated carbocycles. The lowest BCUT2D eigenvalue weighted by atomic mass is 10.1. The van der Waals surface area contributed by atoms with Gasteiger partial charge in [-0.2, -0.15) is 0 Å². The summed E-state index contributed by atoms with van der Waals surface area (Å²) in [4.78, 5) is 24.1. The molecule has 2 amide bonds. The molecule has 2 heterocycles. The van der Waals surface area contributed by atoms with Crippen LogP contribution < -0.4 is 5.32 Å². The maximum absolute atomic E-state index is 11.4. The minimum atomic E-state index is -0.242. The molecule has 2 aliphatic heterocycles. The quantitative estimate of drug-likeness (QED) is 0.532. The molecule has 2 aliphatic rings. The molecule has 0 aromatic rings. The number of imide groups is 1. The second-order valence-electron chi connectivity index (χ2n) is 4.61. The minimum absolute atomic E-state index is 0.0148. The predicted molar refractivity (Wildman–Crippen MR) is 64.0 cm³/mol. The van der Waals surface area contributed by atoms with Gasteiger partial charge in [-0.25, -0.2) is 0 Å². The highest BCUT2D eigenvalue weighted by Crippen LogP contribution is 2.08. The Labute approximate surface area is 107 Å². The Morgan fingerprint density at radius 1 is 1.22 bits per heavy atom. The SMILES string of the molecule is O=C1COCC(=O)N1CCCOC1CCNCC1. The largest absolute Gasteiger partial charge is 0.378 e. The first-order valence-electron chi connectivity index (χ1n) is 6.50. The summed E-state index contributed by atoms with van der Waals surface area (Å²) in [6.07, 6.45) is 3.09. The summed E-state index contributed by atoms with van der Waals surface area (Å²) in [5, 5.41) is 3.28. The number of morpholine rings is 1. The van der Waals surface area contributed by atoms with Gasteiger partial charge in [-0.05, 0) is 32.4 Å². The Bertz CT molecular complexity index is 286. The van der Waals surface area contributed by atoms with E-state index in [2.05, 4.69) is 5.32 Å². The summed E-state index contributed by atoms with van der Waals surface area (Å²) in [7, 11) is 0. The zero-order valence-electron chi connectivity index (χ0n) is 10.5. The molecular weight excluding hydrogens is 236 g/mol. The van der Waals surface area contributed by atoms with Gasteiger partial charge in [0.1, 0.15) is 13.2 Å². The molecule has 0 unspecified atom stereocenters. The molecule has 0 atom stereocenters. The first kappa shape index (κ1) is 13.5. The third-order valence-electron chi connectivity index (χ3n) is 3.22. The first-order chi connectivity index (χ1) is 8.77. The Balaban J connectivity index is 1.62. The monoisotopic (exact) mass is 256 g/mol. The summed E-state index contributed by atoms with van der Waals surface area (Å²) in [6.45, 7) is 3.08. The van der Waals surface area contributed by atoms with E-state index in [1.165, 1.54) is 4.90 Å². The third-order valence-corrected chi connectivity index (χ3v) is 3.22. The molecule has 2 fully saturated rings. The Morgan fingerprint density at radius 3 is 2.56 bits per heavy atom. The lowest BCUT2D eigenvalue weighted by molar-refractivity contribution is -0.158. The fraction of sp³-hybridized carbons (Fsp3) is 0.833. The zero-order chi connectivity index (χ0) is 12.8. The van der Waals surface area contributed by atoms with Crippen molar-refractivity contribution in [2.45, 2.75) is 25.4 Å². The molecular formula is C12H20N2O4. The van der Waals surface area contributed by atoms with Crippen molar-refractivity contribution in [2.24, 2.45) is 0 Å². The van der Waals surface area contributed by atoms with E-state index in [0.29, 0.717) is 25.7 Å². The van der Waals surface area contributed by atoms with Crippen LogP contribution in [0.3, 0.4) is 0 Å². The van der Waals surface area contributed by atoms with E-state index in [0.717, 1.165) is 25.9 Å². The van der Waals surface area contributed by atoms with Crippen LogP contribution in [-0.4, -0.2) is 62.3 Å². The van der Waals surface area contributed by atoms with Gasteiger partial charge in [0.15, 0.2) is 0 Å². The van der Waals surface area contributed by atoms with Crippen LogP contribution in [0, 0.1) is 0 Å². The second-order valence-corrected chi connectivity index (χ2v) is 4.61. The van der Waals surface area contributed by atoms with Crippen molar-refractivity contribution in [2.75, 3.05) is 39.5 Å². The van der Waals surface area contributed by atoms with Gasteiger partial charge in [0, 0.05) is 13.2 Å². The molecule has 0 aromatic carbocycles. The molecule has 0 bridgehead atoms. The maximum Gasteiger partial charge on any atom is 0.255 e.